The highest BCUT2D eigenvalue weighted by atomic mass is 19.1. The Kier molecular flexibility index (Phi) is 4.22. The highest BCUT2D eigenvalue weighted by Crippen LogP contribution is 2.31. The average molecular weight is 356 g/mol. The number of ether oxygens (including phenoxy) is 3. The molecule has 3 aromatic rings. The molecule has 0 N–H and O–H groups in total. The summed E-state index contributed by atoms with van der Waals surface area (Å²) in [6, 6.07) is 12.7. The number of para-hydroxylation sites is 2. The molecule has 132 valence electrons. The van der Waals surface area contributed by atoms with E-state index in [1.54, 1.807) is 18.2 Å². The van der Waals surface area contributed by atoms with Crippen molar-refractivity contribution < 1.29 is 27.9 Å². The molecule has 0 fully saturated rings. The minimum Gasteiger partial charge on any atom is -0.485 e. The van der Waals surface area contributed by atoms with Crippen LogP contribution in [0.25, 0.3) is 11.4 Å². The monoisotopic (exact) mass is 356 g/mol. The van der Waals surface area contributed by atoms with Crippen LogP contribution >= 0.6 is 0 Å². The fraction of sp³-hybridized carbons (Fsp3) is 0.167. The Hall–Kier alpha value is -3.42. The summed E-state index contributed by atoms with van der Waals surface area (Å²) in [5, 5.41) is 3.78. The van der Waals surface area contributed by atoms with Crippen molar-refractivity contribution in [1.82, 2.24) is 10.1 Å². The minimum absolute atomic E-state index is 0.0561. The summed E-state index contributed by atoms with van der Waals surface area (Å²) in [6.07, 6.45) is -0.871. The number of esters is 1. The predicted octanol–water partition coefficient (Wildman–Crippen LogP) is 2.76. The number of hydrogen-bond donors (Lipinski definition) is 0. The number of aromatic nitrogens is 2. The molecule has 1 atom stereocenters. The Balaban J connectivity index is 1.36. The molecule has 0 aliphatic carbocycles. The molecule has 7 nitrogen and oxygen atoms in total. The molecule has 2 aromatic carbocycles. The number of rotatable bonds is 4. The first kappa shape index (κ1) is 16.1. The van der Waals surface area contributed by atoms with Crippen molar-refractivity contribution in [2.45, 2.75) is 12.7 Å². The second-order valence-corrected chi connectivity index (χ2v) is 5.49. The van der Waals surface area contributed by atoms with Gasteiger partial charge in [-0.3, -0.25) is 0 Å². The normalized spacial score (nSPS) is 15.5. The van der Waals surface area contributed by atoms with Crippen molar-refractivity contribution in [3.05, 3.63) is 60.2 Å². The average Bonchev–Trinajstić information content (AvgIpc) is 3.15. The molecule has 0 saturated heterocycles. The third-order valence-corrected chi connectivity index (χ3v) is 3.68. The Morgan fingerprint density at radius 1 is 1.15 bits per heavy atom. The lowest BCUT2D eigenvalue weighted by molar-refractivity contribution is -0.156. The highest BCUT2D eigenvalue weighted by Gasteiger charge is 2.29. The van der Waals surface area contributed by atoms with Gasteiger partial charge in [0, 0.05) is 5.56 Å². The Labute approximate surface area is 147 Å². The van der Waals surface area contributed by atoms with Gasteiger partial charge in [-0.15, -0.1) is 0 Å². The molecule has 0 radical (unpaired) electrons. The Morgan fingerprint density at radius 3 is 2.73 bits per heavy atom. The van der Waals surface area contributed by atoms with E-state index in [4.69, 9.17) is 18.7 Å². The van der Waals surface area contributed by atoms with Crippen molar-refractivity contribution in [3.8, 4) is 22.9 Å². The van der Waals surface area contributed by atoms with E-state index in [0.717, 1.165) is 0 Å². The molecule has 4 rings (SSSR count). The van der Waals surface area contributed by atoms with E-state index in [9.17, 15) is 9.18 Å². The van der Waals surface area contributed by atoms with Gasteiger partial charge in [-0.05, 0) is 36.4 Å². The zero-order valence-corrected chi connectivity index (χ0v) is 13.4. The standard InChI is InChI=1S/C18H13FN2O5/c19-12-7-5-11(6-8-12)17-20-16(26-21-17)10-24-18(22)15-9-23-13-3-1-2-4-14(13)25-15/h1-8,15H,9-10H2/t15-/m0/s1. The Bertz CT molecular complexity index is 925. The van der Waals surface area contributed by atoms with E-state index in [1.807, 2.05) is 6.07 Å². The van der Waals surface area contributed by atoms with Crippen LogP contribution in [-0.4, -0.2) is 28.8 Å². The maximum absolute atomic E-state index is 12.9. The van der Waals surface area contributed by atoms with Gasteiger partial charge in [-0.1, -0.05) is 17.3 Å². The summed E-state index contributed by atoms with van der Waals surface area (Å²) in [6.45, 7) is -0.144. The molecule has 26 heavy (non-hydrogen) atoms. The largest absolute Gasteiger partial charge is 0.485 e. The van der Waals surface area contributed by atoms with Gasteiger partial charge in [-0.2, -0.15) is 4.98 Å². The van der Waals surface area contributed by atoms with Gasteiger partial charge in [0.1, 0.15) is 12.4 Å². The lowest BCUT2D eigenvalue weighted by Gasteiger charge is -2.24. The molecule has 8 heteroatoms. The molecular weight excluding hydrogens is 343 g/mol. The number of hydrogen-bond acceptors (Lipinski definition) is 7. The third-order valence-electron chi connectivity index (χ3n) is 3.68. The van der Waals surface area contributed by atoms with Crippen molar-refractivity contribution in [2.24, 2.45) is 0 Å². The van der Waals surface area contributed by atoms with Gasteiger partial charge in [0.2, 0.25) is 11.9 Å². The number of carbonyl (C=O) groups is 1. The van der Waals surface area contributed by atoms with Crippen LogP contribution in [-0.2, 0) is 16.1 Å². The van der Waals surface area contributed by atoms with E-state index < -0.39 is 12.1 Å². The molecule has 0 spiro atoms. The van der Waals surface area contributed by atoms with Crippen LogP contribution in [0.15, 0.2) is 53.1 Å². The first-order valence-corrected chi connectivity index (χ1v) is 7.83. The highest BCUT2D eigenvalue weighted by molar-refractivity contribution is 5.76. The topological polar surface area (TPSA) is 83.7 Å². The van der Waals surface area contributed by atoms with Crippen LogP contribution in [0.1, 0.15) is 5.89 Å². The van der Waals surface area contributed by atoms with Gasteiger partial charge in [-0.25, -0.2) is 9.18 Å². The number of halogens is 1. The summed E-state index contributed by atoms with van der Waals surface area (Å²) in [5.41, 5.74) is 0.591. The zero-order chi connectivity index (χ0) is 17.9. The summed E-state index contributed by atoms with van der Waals surface area (Å²) in [5.74, 6) is 0.509. The van der Waals surface area contributed by atoms with Crippen molar-refractivity contribution >= 4 is 5.97 Å². The van der Waals surface area contributed by atoms with Crippen molar-refractivity contribution in [3.63, 3.8) is 0 Å². The van der Waals surface area contributed by atoms with Gasteiger partial charge in [0.15, 0.2) is 18.1 Å². The van der Waals surface area contributed by atoms with Crippen LogP contribution in [0.4, 0.5) is 4.39 Å². The van der Waals surface area contributed by atoms with Crippen molar-refractivity contribution in [1.29, 1.82) is 0 Å². The first-order valence-electron chi connectivity index (χ1n) is 7.83. The third kappa shape index (κ3) is 3.34. The fourth-order valence-electron chi connectivity index (χ4n) is 2.39. The van der Waals surface area contributed by atoms with Gasteiger partial charge >= 0.3 is 5.97 Å². The van der Waals surface area contributed by atoms with Crippen LogP contribution in [0.2, 0.25) is 0 Å². The number of carbonyl (C=O) groups excluding carboxylic acids is 1. The van der Waals surface area contributed by atoms with E-state index in [0.29, 0.717) is 17.1 Å². The smallest absolute Gasteiger partial charge is 0.351 e. The second kappa shape index (κ2) is 6.83. The van der Waals surface area contributed by atoms with Gasteiger partial charge in [0.05, 0.1) is 0 Å². The molecule has 0 bridgehead atoms. The fourth-order valence-corrected chi connectivity index (χ4v) is 2.39. The first-order chi connectivity index (χ1) is 12.7. The van der Waals surface area contributed by atoms with E-state index >= 15 is 0 Å². The van der Waals surface area contributed by atoms with E-state index in [-0.39, 0.29) is 30.7 Å². The number of benzene rings is 2. The molecule has 0 amide bonds. The molecular formula is C18H13FN2O5. The maximum Gasteiger partial charge on any atom is 0.351 e. The van der Waals surface area contributed by atoms with Crippen molar-refractivity contribution in [2.75, 3.05) is 6.61 Å². The van der Waals surface area contributed by atoms with Gasteiger partial charge < -0.3 is 18.7 Å². The predicted molar refractivity (Wildman–Crippen MR) is 85.8 cm³/mol. The van der Waals surface area contributed by atoms with Crippen LogP contribution in [0.5, 0.6) is 11.5 Å². The summed E-state index contributed by atoms with van der Waals surface area (Å²) >= 11 is 0. The van der Waals surface area contributed by atoms with Crippen LogP contribution < -0.4 is 9.47 Å². The second-order valence-electron chi connectivity index (χ2n) is 5.49. The zero-order valence-electron chi connectivity index (χ0n) is 13.4. The van der Waals surface area contributed by atoms with Gasteiger partial charge in [0.25, 0.3) is 5.89 Å². The van der Waals surface area contributed by atoms with Crippen LogP contribution in [0, 0.1) is 5.82 Å². The minimum atomic E-state index is -0.871. The lowest BCUT2D eigenvalue weighted by atomic mass is 10.2. The molecule has 1 aliphatic heterocycles. The summed E-state index contributed by atoms with van der Waals surface area (Å²) in [4.78, 5) is 16.3. The molecule has 1 aromatic heterocycles. The molecule has 0 unspecified atom stereocenters. The molecule has 2 heterocycles. The van der Waals surface area contributed by atoms with Crippen LogP contribution in [0.3, 0.4) is 0 Å². The quantitative estimate of drug-likeness (QED) is 0.665. The molecule has 0 saturated carbocycles. The SMILES string of the molecule is O=C(OCc1nc(-c2ccc(F)cc2)no1)[C@@H]1COc2ccccc2O1. The maximum atomic E-state index is 12.9. The van der Waals surface area contributed by atoms with E-state index in [1.165, 1.54) is 24.3 Å². The number of fused-ring (bicyclic) bond motifs is 1. The Morgan fingerprint density at radius 2 is 1.92 bits per heavy atom. The lowest BCUT2D eigenvalue weighted by Crippen LogP contribution is -2.37. The van der Waals surface area contributed by atoms with E-state index in [2.05, 4.69) is 10.1 Å². The summed E-state index contributed by atoms with van der Waals surface area (Å²) in [7, 11) is 0. The summed E-state index contributed by atoms with van der Waals surface area (Å²) < 4.78 is 34.2. The number of nitrogens with zero attached hydrogens (tertiary/aromatic N) is 2. The molecule has 1 aliphatic rings.